The third kappa shape index (κ3) is 4.42. The van der Waals surface area contributed by atoms with E-state index in [0.29, 0.717) is 16.2 Å². The van der Waals surface area contributed by atoms with E-state index in [-0.39, 0.29) is 36.9 Å². The molecule has 1 spiro atoms. The summed E-state index contributed by atoms with van der Waals surface area (Å²) in [5, 5.41) is 15.0. The van der Waals surface area contributed by atoms with Crippen molar-refractivity contribution in [1.82, 2.24) is 9.80 Å². The minimum Gasteiger partial charge on any atom is -0.325 e. The van der Waals surface area contributed by atoms with Crippen molar-refractivity contribution in [1.29, 1.82) is 5.26 Å². The molecule has 0 aromatic heterocycles. The second-order valence-electron chi connectivity index (χ2n) is 9.73. The highest BCUT2D eigenvalue weighted by molar-refractivity contribution is 6.39. The van der Waals surface area contributed by atoms with Gasteiger partial charge in [0.2, 0.25) is 11.8 Å². The number of fused-ring (bicyclic) bond motifs is 2. The molecule has 0 unspecified atom stereocenters. The number of benzene rings is 2. The zero-order valence-electron chi connectivity index (χ0n) is 22.7. The predicted octanol–water partition coefficient (Wildman–Crippen LogP) is 2.41. The van der Waals surface area contributed by atoms with Crippen molar-refractivity contribution in [2.75, 3.05) is 24.2 Å². The number of rotatable bonds is 5. The van der Waals surface area contributed by atoms with Crippen molar-refractivity contribution in [2.45, 2.75) is 43.2 Å². The van der Waals surface area contributed by atoms with Gasteiger partial charge in [0.15, 0.2) is 0 Å². The molecule has 190 valence electrons. The second kappa shape index (κ2) is 9.32. The maximum atomic E-state index is 14.1. The van der Waals surface area contributed by atoms with Gasteiger partial charge in [0.05, 0.1) is 11.5 Å². The molecule has 2 aliphatic heterocycles. The van der Waals surface area contributed by atoms with Crippen LogP contribution in [0.4, 0.5) is 15.8 Å². The molecular weight excluding hydrogens is 477 g/mol. The normalized spacial score (nSPS) is 24.2. The van der Waals surface area contributed by atoms with Gasteiger partial charge in [-0.2, -0.15) is 5.26 Å². The lowest BCUT2D eigenvalue weighted by molar-refractivity contribution is -0.149. The molecule has 37 heavy (non-hydrogen) atoms. The van der Waals surface area contributed by atoms with E-state index < -0.39 is 48.0 Å². The fourth-order valence-electron chi connectivity index (χ4n) is 5.13. The minimum atomic E-state index is -3.18. The number of halogens is 1. The van der Waals surface area contributed by atoms with Crippen LogP contribution in [0.25, 0.3) is 0 Å². The first-order chi connectivity index (χ1) is 18.9. The highest BCUT2D eigenvalue weighted by atomic mass is 19.1. The summed E-state index contributed by atoms with van der Waals surface area (Å²) in [7, 11) is 0. The smallest absolute Gasteiger partial charge is 0.313 e. The van der Waals surface area contributed by atoms with E-state index >= 15 is 0 Å². The van der Waals surface area contributed by atoms with Crippen LogP contribution in [0.5, 0.6) is 0 Å². The number of hydrogen-bond donors (Lipinski definition) is 2. The molecule has 3 atom stereocenters. The maximum absolute atomic E-state index is 14.1. The number of nitriles is 1. The summed E-state index contributed by atoms with van der Waals surface area (Å²) < 4.78 is 37.5. The molecule has 9 nitrogen and oxygen atoms in total. The lowest BCUT2D eigenvalue weighted by Crippen LogP contribution is -2.53. The monoisotopic (exact) mass is 506 g/mol. The Morgan fingerprint density at radius 1 is 1.27 bits per heavy atom. The van der Waals surface area contributed by atoms with Gasteiger partial charge < -0.3 is 20.4 Å². The van der Waals surface area contributed by atoms with Crippen LogP contribution in [0.1, 0.15) is 35.4 Å². The average molecular weight is 507 g/mol. The molecule has 0 bridgehead atoms. The van der Waals surface area contributed by atoms with Gasteiger partial charge in [0.1, 0.15) is 17.9 Å². The van der Waals surface area contributed by atoms with Crippen molar-refractivity contribution in [3.8, 4) is 6.07 Å². The summed E-state index contributed by atoms with van der Waals surface area (Å²) in [6.07, 6.45) is 1.42. The Labute approximate surface area is 217 Å². The highest BCUT2D eigenvalue weighted by Crippen LogP contribution is 2.46. The van der Waals surface area contributed by atoms with Crippen molar-refractivity contribution >= 4 is 35.0 Å². The Hall–Kier alpha value is -4.26. The summed E-state index contributed by atoms with van der Waals surface area (Å²) in [5.41, 5.74) is 0.0692. The number of amides is 4. The first-order valence-corrected chi connectivity index (χ1v) is 12.0. The molecular formula is C27H26FN5O4. The second-order valence-corrected chi connectivity index (χ2v) is 9.73. The quantitative estimate of drug-likeness (QED) is 0.603. The van der Waals surface area contributed by atoms with E-state index in [9.17, 15) is 28.8 Å². The number of para-hydroxylation sites is 1. The maximum Gasteiger partial charge on any atom is 0.313 e. The van der Waals surface area contributed by atoms with Gasteiger partial charge in [-0.25, -0.2) is 4.39 Å². The zero-order valence-corrected chi connectivity index (χ0v) is 19.7. The van der Waals surface area contributed by atoms with Gasteiger partial charge in [-0.15, -0.1) is 0 Å². The summed E-state index contributed by atoms with van der Waals surface area (Å²) in [6.45, 7) is -3.36. The predicted molar refractivity (Wildman–Crippen MR) is 131 cm³/mol. The molecule has 5 rings (SSSR count). The first kappa shape index (κ1) is 20.9. The SMILES string of the molecule is [2H]C([2H])([2H])N(C(=O)C(=O)Nc1ccc(F)cc1)[C@@H](CC1CC1)C(=O)N1C[C@]2(C[C@H]1C#N)C(=O)Nc1ccccc12. The van der Waals surface area contributed by atoms with Crippen molar-refractivity contribution < 1.29 is 27.7 Å². The van der Waals surface area contributed by atoms with Crippen LogP contribution in [-0.2, 0) is 24.6 Å². The molecule has 3 aliphatic rings. The zero-order chi connectivity index (χ0) is 28.8. The molecule has 0 radical (unpaired) electrons. The third-order valence-electron chi connectivity index (χ3n) is 7.28. The lowest BCUT2D eigenvalue weighted by Gasteiger charge is -2.32. The van der Waals surface area contributed by atoms with Gasteiger partial charge in [-0.3, -0.25) is 19.2 Å². The fraction of sp³-hybridized carbons (Fsp3) is 0.370. The van der Waals surface area contributed by atoms with E-state index in [1.54, 1.807) is 24.3 Å². The Morgan fingerprint density at radius 2 is 2.00 bits per heavy atom. The van der Waals surface area contributed by atoms with E-state index in [1.807, 2.05) is 0 Å². The third-order valence-corrected chi connectivity index (χ3v) is 7.28. The lowest BCUT2D eigenvalue weighted by atomic mass is 9.80. The van der Waals surface area contributed by atoms with Crippen LogP contribution in [0.3, 0.4) is 0 Å². The molecule has 4 amide bonds. The van der Waals surface area contributed by atoms with E-state index in [0.717, 1.165) is 25.0 Å². The number of nitrogens with zero attached hydrogens (tertiary/aromatic N) is 3. The van der Waals surface area contributed by atoms with Crippen LogP contribution in [0.2, 0.25) is 0 Å². The van der Waals surface area contributed by atoms with Crippen molar-refractivity contribution in [3.05, 3.63) is 59.9 Å². The number of carbonyl (C=O) groups is 4. The van der Waals surface area contributed by atoms with Crippen LogP contribution in [-0.4, -0.2) is 59.0 Å². The topological polar surface area (TPSA) is 123 Å². The van der Waals surface area contributed by atoms with Crippen LogP contribution >= 0.6 is 0 Å². The van der Waals surface area contributed by atoms with Crippen molar-refractivity contribution in [3.63, 3.8) is 0 Å². The Balaban J connectivity index is 1.46. The number of anilines is 2. The fourth-order valence-corrected chi connectivity index (χ4v) is 5.13. The summed E-state index contributed by atoms with van der Waals surface area (Å²) in [4.78, 5) is 54.9. The minimum absolute atomic E-state index is 0.000994. The molecule has 10 heteroatoms. The summed E-state index contributed by atoms with van der Waals surface area (Å²) in [6, 6.07) is 10.9. The number of nitrogens with one attached hydrogen (secondary N) is 2. The number of likely N-dealkylation sites (N-methyl/N-ethyl adjacent to an activating group) is 1. The molecule has 2 N–H and O–H groups in total. The number of likely N-dealkylation sites (tertiary alicyclic amines) is 1. The number of hydrogen-bond acceptors (Lipinski definition) is 5. The Bertz CT molecular complexity index is 1420. The van der Waals surface area contributed by atoms with E-state index in [1.165, 1.54) is 17.0 Å². The van der Waals surface area contributed by atoms with Gasteiger partial charge in [-0.05, 0) is 48.2 Å². The largest absolute Gasteiger partial charge is 0.325 e. The van der Waals surface area contributed by atoms with Gasteiger partial charge in [-0.1, -0.05) is 31.0 Å². The molecule has 1 saturated carbocycles. The Morgan fingerprint density at radius 3 is 2.68 bits per heavy atom. The first-order valence-electron chi connectivity index (χ1n) is 13.5. The molecule has 2 heterocycles. The highest BCUT2D eigenvalue weighted by Gasteiger charge is 2.57. The Kier molecular flexibility index (Phi) is 5.26. The van der Waals surface area contributed by atoms with Crippen molar-refractivity contribution in [2.24, 2.45) is 5.92 Å². The van der Waals surface area contributed by atoms with Gasteiger partial charge >= 0.3 is 11.8 Å². The summed E-state index contributed by atoms with van der Waals surface area (Å²) in [5.74, 6) is -4.57. The molecule has 1 aliphatic carbocycles. The van der Waals surface area contributed by atoms with Crippen LogP contribution < -0.4 is 10.6 Å². The standard InChI is InChI=1S/C27H26FN5O4/c1-32(25(36)23(34)30-18-10-8-17(28)9-11-18)22(12-16-6-7-16)24(35)33-15-27(13-19(33)14-29)20-4-2-3-5-21(20)31-26(27)37/h2-5,8-11,16,19,22H,6-7,12-13,15H2,1H3,(H,30,34)(H,31,37)/t19-,22-,27-/m0/s1/i1D3. The number of carbonyl (C=O) groups excluding carboxylic acids is 4. The van der Waals surface area contributed by atoms with E-state index in [2.05, 4.69) is 16.7 Å². The average Bonchev–Trinajstić information content (AvgIpc) is 3.58. The van der Waals surface area contributed by atoms with Gasteiger partial charge in [0, 0.05) is 35.4 Å². The molecule has 2 fully saturated rings. The van der Waals surface area contributed by atoms with Crippen LogP contribution in [0, 0.1) is 23.1 Å². The molecule has 1 saturated heterocycles. The van der Waals surface area contributed by atoms with Gasteiger partial charge in [0.25, 0.3) is 0 Å². The van der Waals surface area contributed by atoms with E-state index in [4.69, 9.17) is 4.11 Å². The molecule has 2 aromatic carbocycles. The summed E-state index contributed by atoms with van der Waals surface area (Å²) >= 11 is 0. The molecule has 2 aromatic rings. The van der Waals surface area contributed by atoms with Crippen LogP contribution in [0.15, 0.2) is 48.5 Å².